The molecular formula is C46H69FN4O9Si. The van der Waals surface area contributed by atoms with Gasteiger partial charge in [0.2, 0.25) is 5.78 Å². The number of aliphatic hydroxyl groups excluding tert-OH is 1. The van der Waals surface area contributed by atoms with E-state index >= 15 is 14.0 Å². The zero-order chi connectivity index (χ0) is 45.1. The number of amides is 1. The first-order valence-corrected chi connectivity index (χ1v) is 25.1. The van der Waals surface area contributed by atoms with Gasteiger partial charge in [-0.2, -0.15) is 0 Å². The second-order valence-corrected chi connectivity index (χ2v) is 24.8. The van der Waals surface area contributed by atoms with Gasteiger partial charge in [0.15, 0.2) is 31.2 Å². The maximum atomic E-state index is 17.8. The van der Waals surface area contributed by atoms with Crippen molar-refractivity contribution in [1.82, 2.24) is 15.0 Å². The quantitative estimate of drug-likeness (QED) is 0.151. The number of benzene rings is 1. The second-order valence-electron chi connectivity index (χ2n) is 20.1. The molecule has 3 aliphatic carbocycles. The van der Waals surface area contributed by atoms with Gasteiger partial charge in [0.05, 0.1) is 30.5 Å². The van der Waals surface area contributed by atoms with Crippen molar-refractivity contribution in [3.63, 3.8) is 0 Å². The van der Waals surface area contributed by atoms with Gasteiger partial charge in [0, 0.05) is 35.2 Å². The fourth-order valence-corrected chi connectivity index (χ4v) is 10.7. The van der Waals surface area contributed by atoms with E-state index in [1.165, 1.54) is 4.90 Å². The molecule has 0 radical (unpaired) electrons. The predicted octanol–water partition coefficient (Wildman–Crippen LogP) is 9.76. The third kappa shape index (κ3) is 7.94. The number of aromatic nitrogens is 1. The van der Waals surface area contributed by atoms with Crippen LogP contribution in [0, 0.1) is 17.7 Å². The fourth-order valence-electron chi connectivity index (χ4n) is 9.29. The number of unbranched alkanes of at least 4 members (excludes halogenated alkanes) is 2. The highest BCUT2D eigenvalue weighted by atomic mass is 28.4. The molecule has 1 unspecified atom stereocenters. The van der Waals surface area contributed by atoms with Gasteiger partial charge in [0.1, 0.15) is 22.7 Å². The summed E-state index contributed by atoms with van der Waals surface area (Å²) < 4.78 is 49.7. The zero-order valence-corrected chi connectivity index (χ0v) is 40.0. The van der Waals surface area contributed by atoms with E-state index in [0.29, 0.717) is 31.8 Å². The summed E-state index contributed by atoms with van der Waals surface area (Å²) >= 11 is 0. The van der Waals surface area contributed by atoms with Crippen LogP contribution in [0.15, 0.2) is 15.9 Å². The van der Waals surface area contributed by atoms with E-state index in [0.717, 1.165) is 19.3 Å². The topological polar surface area (TPSA) is 144 Å². The molecule has 4 aliphatic rings. The van der Waals surface area contributed by atoms with E-state index in [1.54, 1.807) is 20.8 Å². The number of aliphatic hydroxyl groups is 1. The largest absolute Gasteiger partial charge is 0.508 e. The van der Waals surface area contributed by atoms with Crippen LogP contribution >= 0.6 is 0 Å². The standard InChI is InChI=1S/C46H69FN4O9Si/c1-15-18-22-56-38-31-27(34(47)32-29(49(10)11)20-21-51(36(32)38)43(55)58-44(4,5)6)24-26-25-28-35(50(12)17-3)39-33(42(48-59-39)57-23-19-16-2)41(54)46(28,40(53)30(26)37(31)52)60-61(13,14)45(7,8)9/h26,28-29,35,53H,15-25H2,1-14H3/t26-,28-,29?,35-,46-/m0/s1. The lowest BCUT2D eigenvalue weighted by Crippen LogP contribution is -2.65. The maximum Gasteiger partial charge on any atom is 0.414 e. The summed E-state index contributed by atoms with van der Waals surface area (Å²) in [5.74, 6) is -3.34. The molecule has 6 rings (SSSR count). The molecule has 13 nitrogen and oxygen atoms in total. The first kappa shape index (κ1) is 46.7. The molecule has 15 heteroatoms. The highest BCUT2D eigenvalue weighted by Crippen LogP contribution is 2.61. The number of carbonyl (C=O) groups excluding carboxylic acids is 3. The van der Waals surface area contributed by atoms with Crippen LogP contribution < -0.4 is 14.4 Å². The highest BCUT2D eigenvalue weighted by Gasteiger charge is 2.67. The minimum absolute atomic E-state index is 0.00875. The fraction of sp³-hybridized carbons (Fsp3) is 0.696. The summed E-state index contributed by atoms with van der Waals surface area (Å²) in [7, 11) is 2.68. The molecule has 1 N–H and O–H groups in total. The molecule has 0 fully saturated rings. The third-order valence-electron chi connectivity index (χ3n) is 13.5. The molecule has 61 heavy (non-hydrogen) atoms. The Kier molecular flexibility index (Phi) is 13.1. The van der Waals surface area contributed by atoms with E-state index in [9.17, 15) is 9.90 Å². The molecule has 1 aromatic heterocycles. The van der Waals surface area contributed by atoms with Crippen molar-refractivity contribution < 1.29 is 47.0 Å². The first-order chi connectivity index (χ1) is 28.5. The molecule has 0 bridgehead atoms. The van der Waals surface area contributed by atoms with E-state index in [2.05, 4.69) is 25.9 Å². The van der Waals surface area contributed by atoms with Crippen molar-refractivity contribution in [3.05, 3.63) is 45.2 Å². The number of ketones is 2. The van der Waals surface area contributed by atoms with Crippen molar-refractivity contribution >= 4 is 31.7 Å². The van der Waals surface area contributed by atoms with Gasteiger partial charge in [-0.1, -0.05) is 54.4 Å². The molecule has 2 heterocycles. The number of allylic oxidation sites excluding steroid dienone is 1. The van der Waals surface area contributed by atoms with Crippen LogP contribution in [0.3, 0.4) is 0 Å². The number of rotatable bonds is 13. The van der Waals surface area contributed by atoms with Crippen LogP contribution in [0.4, 0.5) is 14.9 Å². The number of hydrogen-bond donors (Lipinski definition) is 1. The van der Waals surface area contributed by atoms with Gasteiger partial charge in [-0.3, -0.25) is 19.4 Å². The summed E-state index contributed by atoms with van der Waals surface area (Å²) in [5.41, 5.74) is -2.28. The van der Waals surface area contributed by atoms with E-state index in [1.807, 2.05) is 64.8 Å². The lowest BCUT2D eigenvalue weighted by atomic mass is 9.58. The number of ether oxygens (including phenoxy) is 3. The number of fused-ring (bicyclic) bond motifs is 5. The number of halogens is 1. The second kappa shape index (κ2) is 17.1. The van der Waals surface area contributed by atoms with E-state index in [4.69, 9.17) is 23.2 Å². The molecule has 1 aliphatic heterocycles. The Morgan fingerprint density at radius 3 is 2.23 bits per heavy atom. The first-order valence-electron chi connectivity index (χ1n) is 22.2. The van der Waals surface area contributed by atoms with Crippen molar-refractivity contribution in [1.29, 1.82) is 0 Å². The molecule has 1 aromatic carbocycles. The van der Waals surface area contributed by atoms with Crippen molar-refractivity contribution in [2.24, 2.45) is 11.8 Å². The Balaban J connectivity index is 1.67. The molecule has 2 aromatic rings. The Labute approximate surface area is 362 Å². The maximum absolute atomic E-state index is 17.8. The number of carbonyl (C=O) groups is 3. The van der Waals surface area contributed by atoms with Gasteiger partial charge in [0.25, 0.3) is 5.88 Å². The Morgan fingerprint density at radius 1 is 1.02 bits per heavy atom. The summed E-state index contributed by atoms with van der Waals surface area (Å²) in [6.07, 6.45) is 2.94. The number of nitrogens with zero attached hydrogens (tertiary/aromatic N) is 4. The predicted molar refractivity (Wildman–Crippen MR) is 234 cm³/mol. The monoisotopic (exact) mass is 868 g/mol. The van der Waals surface area contributed by atoms with Crippen LogP contribution in [0.1, 0.15) is 151 Å². The molecule has 1 amide bonds. The smallest absolute Gasteiger partial charge is 0.414 e. The van der Waals surface area contributed by atoms with Gasteiger partial charge in [-0.25, -0.2) is 9.18 Å². The molecule has 0 saturated carbocycles. The number of Topliss-reactive ketones (excluding diaryl/α,β-unsaturated/α-hetero) is 2. The summed E-state index contributed by atoms with van der Waals surface area (Å²) in [6, 6.07) is -1.07. The SMILES string of the molecule is CCCCOc1noc2c1C(=O)[C@@]1(O[Si](C)(C)C(C)(C)C)C(O)=C3C(=O)c4c(c(F)c5c(c4OCCCC)N(C(=O)OC(C)(C)C)CCC5N(C)C)C[C@H]3C[C@H]1[C@@H]2N(C)CC. The summed E-state index contributed by atoms with van der Waals surface area (Å²) in [6.45, 7) is 22.7. The lowest BCUT2D eigenvalue weighted by Gasteiger charge is -2.55. The Bertz CT molecular complexity index is 2070. The highest BCUT2D eigenvalue weighted by molar-refractivity contribution is 6.74. The van der Waals surface area contributed by atoms with Crippen molar-refractivity contribution in [2.75, 3.05) is 52.3 Å². The minimum Gasteiger partial charge on any atom is -0.508 e. The van der Waals surface area contributed by atoms with Crippen molar-refractivity contribution in [3.8, 4) is 11.6 Å². The van der Waals surface area contributed by atoms with Crippen LogP contribution in [-0.4, -0.2) is 105 Å². The molecule has 0 spiro atoms. The lowest BCUT2D eigenvalue weighted by molar-refractivity contribution is -0.0511. The average molecular weight is 869 g/mol. The van der Waals surface area contributed by atoms with Gasteiger partial charge in [-0.05, 0) is 110 Å². The van der Waals surface area contributed by atoms with Crippen LogP contribution in [-0.2, 0) is 15.6 Å². The Morgan fingerprint density at radius 2 is 1.66 bits per heavy atom. The van der Waals surface area contributed by atoms with Crippen LogP contribution in [0.2, 0.25) is 18.1 Å². The van der Waals surface area contributed by atoms with E-state index in [-0.39, 0.29) is 71.1 Å². The summed E-state index contributed by atoms with van der Waals surface area (Å²) in [4.78, 5) is 50.7. The van der Waals surface area contributed by atoms with Crippen LogP contribution in [0.25, 0.3) is 0 Å². The van der Waals surface area contributed by atoms with Crippen molar-refractivity contribution in [2.45, 2.75) is 149 Å². The average Bonchev–Trinajstić information content (AvgIpc) is 3.58. The number of hydrogen-bond acceptors (Lipinski definition) is 12. The molecule has 0 saturated heterocycles. The van der Waals surface area contributed by atoms with E-state index < -0.39 is 77.7 Å². The Hall–Kier alpha value is -3.79. The van der Waals surface area contributed by atoms with Gasteiger partial charge >= 0.3 is 6.09 Å². The number of anilines is 1. The normalized spacial score (nSPS) is 24.0. The van der Waals surface area contributed by atoms with Crippen LogP contribution in [0.5, 0.6) is 11.6 Å². The zero-order valence-electron chi connectivity index (χ0n) is 39.0. The molecule has 338 valence electrons. The van der Waals surface area contributed by atoms with Gasteiger partial charge in [-0.15, -0.1) is 0 Å². The van der Waals surface area contributed by atoms with Gasteiger partial charge < -0.3 is 33.2 Å². The molecular weight excluding hydrogens is 800 g/mol. The third-order valence-corrected chi connectivity index (χ3v) is 18.0. The molecule has 5 atom stereocenters. The summed E-state index contributed by atoms with van der Waals surface area (Å²) in [5, 5.41) is 17.0. The minimum atomic E-state index is -2.97.